The maximum Gasteiger partial charge on any atom is 0.147 e. The second-order valence-corrected chi connectivity index (χ2v) is 5.23. The van der Waals surface area contributed by atoms with Crippen molar-refractivity contribution in [2.75, 3.05) is 0 Å². The highest BCUT2D eigenvalue weighted by Crippen LogP contribution is 2.31. The Morgan fingerprint density at radius 2 is 1.84 bits per heavy atom. The van der Waals surface area contributed by atoms with Crippen LogP contribution >= 0.6 is 11.6 Å². The molecule has 0 fully saturated rings. The molecule has 0 saturated heterocycles. The maximum atomic E-state index is 9.25. The van der Waals surface area contributed by atoms with Crippen LogP contribution in [0.4, 0.5) is 0 Å². The molecule has 0 unspecified atom stereocenters. The zero-order valence-electron chi connectivity index (χ0n) is 11.2. The van der Waals surface area contributed by atoms with Crippen molar-refractivity contribution in [2.45, 2.75) is 26.7 Å². The number of hydrogen-bond donors (Lipinski definition) is 0. The number of hydrogen-bond acceptors (Lipinski definition) is 2. The molecule has 2 nitrogen and oxygen atoms in total. The molecule has 0 aliphatic heterocycles. The highest BCUT2D eigenvalue weighted by Gasteiger charge is 2.13. The van der Waals surface area contributed by atoms with E-state index in [1.165, 1.54) is 5.56 Å². The molecule has 0 aliphatic carbocycles. The largest absolute Gasteiger partial charge is 0.243 e. The van der Waals surface area contributed by atoms with Crippen LogP contribution in [0.5, 0.6) is 0 Å². The van der Waals surface area contributed by atoms with Crippen LogP contribution in [0.25, 0.3) is 11.1 Å². The summed E-state index contributed by atoms with van der Waals surface area (Å²) in [5.41, 5.74) is 4.55. The third kappa shape index (κ3) is 2.62. The lowest BCUT2D eigenvalue weighted by molar-refractivity contribution is 0.867. The number of nitrogens with zero attached hydrogens (tertiary/aromatic N) is 2. The number of nitriles is 1. The SMILES string of the molecule is Cc1cnc(Cl)c(C#N)c1-c1ccc(C(C)C)cc1. The predicted octanol–water partition coefficient (Wildman–Crippen LogP) is 4.71. The Morgan fingerprint density at radius 1 is 1.21 bits per heavy atom. The number of halogens is 1. The standard InChI is InChI=1S/C16H15ClN2/c1-10(2)12-4-6-13(7-5-12)15-11(3)9-19-16(17)14(15)8-18/h4-7,9-10H,1-3H3. The molecule has 0 radical (unpaired) electrons. The summed E-state index contributed by atoms with van der Waals surface area (Å²) < 4.78 is 0. The number of aromatic nitrogens is 1. The van der Waals surface area contributed by atoms with Crippen LogP contribution < -0.4 is 0 Å². The summed E-state index contributed by atoms with van der Waals surface area (Å²) in [6, 6.07) is 10.4. The Kier molecular flexibility index (Phi) is 3.87. The van der Waals surface area contributed by atoms with Crippen LogP contribution in [-0.4, -0.2) is 4.98 Å². The Balaban J connectivity index is 2.59. The molecular formula is C16H15ClN2. The second kappa shape index (κ2) is 5.42. The molecule has 0 spiro atoms. The van der Waals surface area contributed by atoms with Gasteiger partial charge in [-0.05, 0) is 29.5 Å². The molecule has 96 valence electrons. The van der Waals surface area contributed by atoms with E-state index in [1.807, 2.05) is 19.1 Å². The van der Waals surface area contributed by atoms with E-state index in [0.717, 1.165) is 16.7 Å². The maximum absolute atomic E-state index is 9.25. The Labute approximate surface area is 118 Å². The van der Waals surface area contributed by atoms with Crippen molar-refractivity contribution < 1.29 is 0 Å². The first-order valence-electron chi connectivity index (χ1n) is 6.20. The fourth-order valence-electron chi connectivity index (χ4n) is 2.09. The Bertz CT molecular complexity index is 637. The predicted molar refractivity (Wildman–Crippen MR) is 78.2 cm³/mol. The van der Waals surface area contributed by atoms with Gasteiger partial charge in [0.25, 0.3) is 0 Å². The molecule has 0 N–H and O–H groups in total. The van der Waals surface area contributed by atoms with Gasteiger partial charge in [0.15, 0.2) is 0 Å². The van der Waals surface area contributed by atoms with Gasteiger partial charge in [0.05, 0.1) is 5.56 Å². The molecule has 1 aromatic carbocycles. The van der Waals surface area contributed by atoms with E-state index in [0.29, 0.717) is 11.5 Å². The van der Waals surface area contributed by atoms with Gasteiger partial charge < -0.3 is 0 Å². The van der Waals surface area contributed by atoms with Crippen LogP contribution in [0.2, 0.25) is 5.15 Å². The lowest BCUT2D eigenvalue weighted by Gasteiger charge is -2.11. The summed E-state index contributed by atoms with van der Waals surface area (Å²) in [6.07, 6.45) is 1.70. The van der Waals surface area contributed by atoms with Crippen LogP contribution in [0.1, 0.15) is 36.5 Å². The summed E-state index contributed by atoms with van der Waals surface area (Å²) in [5, 5.41) is 9.51. The summed E-state index contributed by atoms with van der Waals surface area (Å²) in [5.74, 6) is 0.492. The number of rotatable bonds is 2. The van der Waals surface area contributed by atoms with Crippen molar-refractivity contribution in [3.05, 3.63) is 52.3 Å². The van der Waals surface area contributed by atoms with Gasteiger partial charge in [0.2, 0.25) is 0 Å². The van der Waals surface area contributed by atoms with Crippen molar-refractivity contribution >= 4 is 11.6 Å². The summed E-state index contributed by atoms with van der Waals surface area (Å²) in [6.45, 7) is 6.25. The number of aryl methyl sites for hydroxylation is 1. The lowest BCUT2D eigenvalue weighted by Crippen LogP contribution is -1.94. The van der Waals surface area contributed by atoms with Crippen molar-refractivity contribution in [2.24, 2.45) is 0 Å². The lowest BCUT2D eigenvalue weighted by atomic mass is 9.95. The van der Waals surface area contributed by atoms with E-state index in [-0.39, 0.29) is 5.15 Å². The summed E-state index contributed by atoms with van der Waals surface area (Å²) >= 11 is 6.00. The minimum atomic E-state index is 0.260. The van der Waals surface area contributed by atoms with E-state index in [9.17, 15) is 5.26 Å². The minimum Gasteiger partial charge on any atom is -0.243 e. The van der Waals surface area contributed by atoms with Crippen LogP contribution in [0.15, 0.2) is 30.5 Å². The molecule has 2 rings (SSSR count). The molecule has 0 amide bonds. The first-order valence-corrected chi connectivity index (χ1v) is 6.58. The van der Waals surface area contributed by atoms with Crippen LogP contribution in [-0.2, 0) is 0 Å². The smallest absolute Gasteiger partial charge is 0.147 e. The van der Waals surface area contributed by atoms with Gasteiger partial charge in [-0.25, -0.2) is 4.98 Å². The van der Waals surface area contributed by atoms with E-state index in [1.54, 1.807) is 6.20 Å². The number of pyridine rings is 1. The summed E-state index contributed by atoms with van der Waals surface area (Å²) in [7, 11) is 0. The first kappa shape index (κ1) is 13.6. The molecule has 0 bridgehead atoms. The van der Waals surface area contributed by atoms with Gasteiger partial charge in [0, 0.05) is 11.8 Å². The molecule has 2 aromatic rings. The monoisotopic (exact) mass is 270 g/mol. The quantitative estimate of drug-likeness (QED) is 0.741. The van der Waals surface area contributed by atoms with Gasteiger partial charge in [-0.2, -0.15) is 5.26 Å². The molecule has 1 aromatic heterocycles. The minimum absolute atomic E-state index is 0.260. The zero-order chi connectivity index (χ0) is 14.0. The van der Waals surface area contributed by atoms with Gasteiger partial charge in [-0.15, -0.1) is 0 Å². The molecule has 0 atom stereocenters. The second-order valence-electron chi connectivity index (χ2n) is 4.87. The van der Waals surface area contributed by atoms with E-state index < -0.39 is 0 Å². The molecule has 3 heteroatoms. The van der Waals surface area contributed by atoms with Gasteiger partial charge in [-0.3, -0.25) is 0 Å². The molecule has 1 heterocycles. The average Bonchev–Trinajstić information content (AvgIpc) is 2.41. The first-order chi connectivity index (χ1) is 9.04. The zero-order valence-corrected chi connectivity index (χ0v) is 12.0. The third-order valence-electron chi connectivity index (χ3n) is 3.20. The van der Waals surface area contributed by atoms with E-state index in [2.05, 4.69) is 37.0 Å². The molecule has 0 aliphatic rings. The van der Waals surface area contributed by atoms with E-state index >= 15 is 0 Å². The normalized spacial score (nSPS) is 10.5. The van der Waals surface area contributed by atoms with Gasteiger partial charge in [0.1, 0.15) is 11.2 Å². The topological polar surface area (TPSA) is 36.7 Å². The average molecular weight is 271 g/mol. The highest BCUT2D eigenvalue weighted by molar-refractivity contribution is 6.31. The fraction of sp³-hybridized carbons (Fsp3) is 0.250. The Morgan fingerprint density at radius 3 is 2.37 bits per heavy atom. The van der Waals surface area contributed by atoms with Gasteiger partial charge >= 0.3 is 0 Å². The molecule has 19 heavy (non-hydrogen) atoms. The van der Waals surface area contributed by atoms with Crippen molar-refractivity contribution in [3.8, 4) is 17.2 Å². The van der Waals surface area contributed by atoms with Crippen LogP contribution in [0.3, 0.4) is 0 Å². The van der Waals surface area contributed by atoms with Crippen molar-refractivity contribution in [1.29, 1.82) is 5.26 Å². The van der Waals surface area contributed by atoms with Crippen molar-refractivity contribution in [3.63, 3.8) is 0 Å². The molecule has 0 saturated carbocycles. The van der Waals surface area contributed by atoms with Gasteiger partial charge in [-0.1, -0.05) is 49.7 Å². The Hall–Kier alpha value is -1.85. The summed E-state index contributed by atoms with van der Waals surface area (Å²) in [4.78, 5) is 4.02. The molecular weight excluding hydrogens is 256 g/mol. The third-order valence-corrected chi connectivity index (χ3v) is 3.49. The highest BCUT2D eigenvalue weighted by atomic mass is 35.5. The number of benzene rings is 1. The van der Waals surface area contributed by atoms with Crippen LogP contribution in [0, 0.1) is 18.3 Å². The fourth-order valence-corrected chi connectivity index (χ4v) is 2.28. The van der Waals surface area contributed by atoms with E-state index in [4.69, 9.17) is 11.6 Å². The van der Waals surface area contributed by atoms with Crippen molar-refractivity contribution in [1.82, 2.24) is 4.98 Å².